The van der Waals surface area contributed by atoms with Gasteiger partial charge in [-0.2, -0.15) is 0 Å². The third-order valence-electron chi connectivity index (χ3n) is 5.10. The maximum atomic E-state index is 13.2. The van der Waals surface area contributed by atoms with Crippen LogP contribution < -0.4 is 0 Å². The highest BCUT2D eigenvalue weighted by atomic mass is 16.5. The normalized spacial score (nSPS) is 21.2. The van der Waals surface area contributed by atoms with Crippen molar-refractivity contribution in [3.8, 4) is 5.75 Å². The molecule has 1 heterocycles. The van der Waals surface area contributed by atoms with Crippen LogP contribution in [0.3, 0.4) is 0 Å². The summed E-state index contributed by atoms with van der Waals surface area (Å²) in [4.78, 5) is 38.1. The molecule has 2 aromatic rings. The van der Waals surface area contributed by atoms with Crippen LogP contribution in [0.2, 0.25) is 0 Å². The summed E-state index contributed by atoms with van der Waals surface area (Å²) >= 11 is 0. The number of carbonyl (C=O) groups is 3. The number of phenols is 1. The first-order chi connectivity index (χ1) is 13.5. The molecule has 0 unspecified atom stereocenters. The molecule has 0 saturated heterocycles. The first kappa shape index (κ1) is 18.1. The summed E-state index contributed by atoms with van der Waals surface area (Å²) in [6.45, 7) is 0. The number of phenolic OH excluding ortho intramolecular Hbond substituents is 1. The maximum absolute atomic E-state index is 13.2. The number of Topliss-reactive ketones (excluding diaryl/α,β-unsaturated/α-hetero) is 2. The van der Waals surface area contributed by atoms with Gasteiger partial charge in [0.1, 0.15) is 11.9 Å². The van der Waals surface area contributed by atoms with E-state index in [4.69, 9.17) is 9.47 Å². The molecule has 0 spiro atoms. The molecule has 0 aromatic heterocycles. The molecule has 1 aliphatic heterocycles. The summed E-state index contributed by atoms with van der Waals surface area (Å²) in [5, 5.41) is 10.2. The predicted molar refractivity (Wildman–Crippen MR) is 99.1 cm³/mol. The monoisotopic (exact) mass is 378 g/mol. The molecule has 0 fully saturated rings. The lowest BCUT2D eigenvalue weighted by Crippen LogP contribution is -2.35. The smallest absolute Gasteiger partial charge is 0.308 e. The van der Waals surface area contributed by atoms with Gasteiger partial charge in [0.2, 0.25) is 0 Å². The number of hydrogen-bond acceptors (Lipinski definition) is 6. The molecule has 2 aromatic carbocycles. The van der Waals surface area contributed by atoms with E-state index in [0.29, 0.717) is 11.1 Å². The minimum atomic E-state index is -0.802. The number of ether oxygens (including phenoxy) is 2. The van der Waals surface area contributed by atoms with Crippen LogP contribution in [0.25, 0.3) is 0 Å². The fraction of sp³-hybridized carbons (Fsp3) is 0.227. The van der Waals surface area contributed by atoms with Crippen LogP contribution in [0.4, 0.5) is 0 Å². The Labute approximate surface area is 161 Å². The first-order valence-electron chi connectivity index (χ1n) is 8.93. The molecule has 0 radical (unpaired) electrons. The molecular weight excluding hydrogens is 360 g/mol. The van der Waals surface area contributed by atoms with E-state index in [1.165, 1.54) is 25.3 Å². The van der Waals surface area contributed by atoms with Crippen molar-refractivity contribution < 1.29 is 29.0 Å². The van der Waals surface area contributed by atoms with Crippen molar-refractivity contribution in [2.45, 2.75) is 25.0 Å². The Hall–Kier alpha value is -3.25. The highest BCUT2D eigenvalue weighted by Gasteiger charge is 2.43. The summed E-state index contributed by atoms with van der Waals surface area (Å²) in [6.07, 6.45) is -1.28. The third-order valence-corrected chi connectivity index (χ3v) is 5.10. The van der Waals surface area contributed by atoms with E-state index in [-0.39, 0.29) is 41.1 Å². The Morgan fingerprint density at radius 2 is 1.86 bits per heavy atom. The van der Waals surface area contributed by atoms with Gasteiger partial charge in [0.25, 0.3) is 0 Å². The van der Waals surface area contributed by atoms with Crippen LogP contribution in [0, 0.1) is 0 Å². The average molecular weight is 378 g/mol. The van der Waals surface area contributed by atoms with Gasteiger partial charge in [0.15, 0.2) is 11.6 Å². The molecule has 28 heavy (non-hydrogen) atoms. The minimum Gasteiger partial charge on any atom is -0.507 e. The molecule has 6 nitrogen and oxygen atoms in total. The summed E-state index contributed by atoms with van der Waals surface area (Å²) in [5.74, 6) is -1.42. The van der Waals surface area contributed by atoms with Crippen LogP contribution in [0.5, 0.6) is 5.75 Å². The van der Waals surface area contributed by atoms with Gasteiger partial charge >= 0.3 is 5.97 Å². The minimum absolute atomic E-state index is 0.00204. The fourth-order valence-corrected chi connectivity index (χ4v) is 3.80. The van der Waals surface area contributed by atoms with Crippen molar-refractivity contribution in [1.82, 2.24) is 0 Å². The topological polar surface area (TPSA) is 89.9 Å². The van der Waals surface area contributed by atoms with Crippen LogP contribution in [-0.2, 0) is 14.3 Å². The van der Waals surface area contributed by atoms with Gasteiger partial charge in [-0.1, -0.05) is 42.5 Å². The van der Waals surface area contributed by atoms with Crippen molar-refractivity contribution >= 4 is 17.5 Å². The molecule has 0 bridgehead atoms. The zero-order chi connectivity index (χ0) is 19.8. The Morgan fingerprint density at radius 1 is 1.11 bits per heavy atom. The Bertz CT molecular complexity index is 1000. The lowest BCUT2D eigenvalue weighted by molar-refractivity contribution is -0.145. The second-order valence-electron chi connectivity index (χ2n) is 6.78. The van der Waals surface area contributed by atoms with Gasteiger partial charge in [0.05, 0.1) is 25.2 Å². The van der Waals surface area contributed by atoms with Crippen molar-refractivity contribution in [3.05, 3.63) is 76.4 Å². The van der Waals surface area contributed by atoms with Crippen LogP contribution in [-0.4, -0.2) is 35.9 Å². The third kappa shape index (κ3) is 2.92. The first-order valence-corrected chi connectivity index (χ1v) is 8.93. The zero-order valence-corrected chi connectivity index (χ0v) is 15.2. The van der Waals surface area contributed by atoms with E-state index >= 15 is 0 Å². The number of fused-ring (bicyclic) bond motifs is 1. The summed E-state index contributed by atoms with van der Waals surface area (Å²) in [5.41, 5.74) is 1.43. The Balaban J connectivity index is 1.85. The molecule has 2 aliphatic rings. The number of rotatable bonds is 3. The lowest BCUT2D eigenvalue weighted by Gasteiger charge is -2.35. The van der Waals surface area contributed by atoms with Crippen molar-refractivity contribution in [2.24, 2.45) is 0 Å². The fourth-order valence-electron chi connectivity index (χ4n) is 3.80. The lowest BCUT2D eigenvalue weighted by atomic mass is 9.76. The number of esters is 1. The van der Waals surface area contributed by atoms with Crippen LogP contribution in [0.15, 0.2) is 59.7 Å². The largest absolute Gasteiger partial charge is 0.507 e. The Morgan fingerprint density at radius 3 is 2.57 bits per heavy atom. The van der Waals surface area contributed by atoms with Gasteiger partial charge in [0, 0.05) is 23.1 Å². The highest BCUT2D eigenvalue weighted by Crippen LogP contribution is 2.44. The molecule has 1 N–H and O–H groups in total. The van der Waals surface area contributed by atoms with Crippen molar-refractivity contribution in [1.29, 1.82) is 0 Å². The van der Waals surface area contributed by atoms with E-state index in [1.54, 1.807) is 12.1 Å². The Kier molecular flexibility index (Phi) is 4.57. The molecule has 2 atom stereocenters. The summed E-state index contributed by atoms with van der Waals surface area (Å²) in [6, 6.07) is 13.5. The maximum Gasteiger partial charge on any atom is 0.308 e. The quantitative estimate of drug-likeness (QED) is 0.825. The summed E-state index contributed by atoms with van der Waals surface area (Å²) in [7, 11) is 1.29. The highest BCUT2D eigenvalue weighted by molar-refractivity contribution is 6.28. The van der Waals surface area contributed by atoms with Gasteiger partial charge in [-0.3, -0.25) is 14.4 Å². The molecule has 142 valence electrons. The van der Waals surface area contributed by atoms with Gasteiger partial charge < -0.3 is 14.6 Å². The van der Waals surface area contributed by atoms with Crippen LogP contribution in [0.1, 0.15) is 45.2 Å². The van der Waals surface area contributed by atoms with E-state index in [1.807, 2.05) is 18.2 Å². The molecule has 1 aliphatic carbocycles. The van der Waals surface area contributed by atoms with Crippen molar-refractivity contribution in [2.75, 3.05) is 7.11 Å². The average Bonchev–Trinajstić information content (AvgIpc) is 2.71. The summed E-state index contributed by atoms with van der Waals surface area (Å²) < 4.78 is 10.8. The standard InChI is InChI=1S/C22H18O6/c1-27-17(24)11-13-10-15-19(22(28-13)12-6-3-2-4-7-12)21(26)18-14(20(15)25)8-5-9-16(18)23/h2-9,13,22-23H,10-11H2,1H3/t13-,22-/m0/s1. The van der Waals surface area contributed by atoms with E-state index < -0.39 is 24.0 Å². The number of methoxy groups -OCH3 is 1. The van der Waals surface area contributed by atoms with Crippen LogP contribution >= 0.6 is 0 Å². The van der Waals surface area contributed by atoms with Gasteiger partial charge in [-0.05, 0) is 11.6 Å². The number of aromatic hydroxyl groups is 1. The van der Waals surface area contributed by atoms with E-state index in [2.05, 4.69) is 0 Å². The number of carbonyl (C=O) groups excluding carboxylic acids is 3. The van der Waals surface area contributed by atoms with Crippen molar-refractivity contribution in [3.63, 3.8) is 0 Å². The second-order valence-corrected chi connectivity index (χ2v) is 6.78. The van der Waals surface area contributed by atoms with Gasteiger partial charge in [-0.15, -0.1) is 0 Å². The van der Waals surface area contributed by atoms with Gasteiger partial charge in [-0.25, -0.2) is 0 Å². The zero-order valence-electron chi connectivity index (χ0n) is 15.2. The number of ketones is 2. The SMILES string of the molecule is COC(=O)C[C@@H]1CC2=C(C(=O)c3c(O)cccc3C2=O)[C@H](c2ccccc2)O1. The molecule has 0 amide bonds. The van der Waals surface area contributed by atoms with E-state index in [0.717, 1.165) is 0 Å². The second kappa shape index (κ2) is 7.05. The molecule has 0 saturated carbocycles. The number of hydrogen-bond donors (Lipinski definition) is 1. The molecule has 4 rings (SSSR count). The molecular formula is C22H18O6. The predicted octanol–water partition coefficient (Wildman–Crippen LogP) is 3.16. The van der Waals surface area contributed by atoms with E-state index in [9.17, 15) is 19.5 Å². The molecule has 6 heteroatoms. The number of benzene rings is 2.